The van der Waals surface area contributed by atoms with Crippen molar-refractivity contribution < 1.29 is 23.1 Å². The molecule has 0 spiro atoms. The molecular weight excluding hydrogens is 354 g/mol. The van der Waals surface area contributed by atoms with Crippen LogP contribution in [0.2, 0.25) is 0 Å². The molecule has 0 aromatic heterocycles. The molecule has 1 aromatic rings. The number of esters is 1. The van der Waals surface area contributed by atoms with E-state index in [0.717, 1.165) is 15.4 Å². The summed E-state index contributed by atoms with van der Waals surface area (Å²) < 4.78 is 31.7. The lowest BCUT2D eigenvalue weighted by Crippen LogP contribution is -2.41. The van der Waals surface area contributed by atoms with Crippen molar-refractivity contribution in [1.82, 2.24) is 4.31 Å². The molecule has 0 saturated carbocycles. The third-order valence-corrected chi connectivity index (χ3v) is 5.94. The van der Waals surface area contributed by atoms with E-state index in [1.54, 1.807) is 12.1 Å². The predicted molar refractivity (Wildman–Crippen MR) is 90.2 cm³/mol. The van der Waals surface area contributed by atoms with Gasteiger partial charge in [-0.15, -0.1) is 0 Å². The van der Waals surface area contributed by atoms with Crippen molar-refractivity contribution in [3.8, 4) is 0 Å². The van der Waals surface area contributed by atoms with Crippen LogP contribution in [0.4, 0.5) is 0 Å². The number of sulfonamides is 1. The van der Waals surface area contributed by atoms with Crippen LogP contribution in [0, 0.1) is 13.8 Å². The molecule has 1 saturated heterocycles. The summed E-state index contributed by atoms with van der Waals surface area (Å²) in [6.07, 6.45) is -0.944. The molecule has 8 heteroatoms. The molecule has 1 aliphatic rings. The highest BCUT2D eigenvalue weighted by atomic mass is 35.5. The molecule has 2 rings (SSSR count). The summed E-state index contributed by atoms with van der Waals surface area (Å²) in [6, 6.07) is 3.67. The van der Waals surface area contributed by atoms with Gasteiger partial charge >= 0.3 is 5.97 Å². The summed E-state index contributed by atoms with van der Waals surface area (Å²) in [7, 11) is -3.93. The van der Waals surface area contributed by atoms with E-state index >= 15 is 0 Å². The van der Waals surface area contributed by atoms with Gasteiger partial charge in [-0.2, -0.15) is 4.31 Å². The van der Waals surface area contributed by atoms with Gasteiger partial charge in [-0.1, -0.05) is 24.2 Å². The van der Waals surface area contributed by atoms with Crippen LogP contribution in [0.3, 0.4) is 0 Å². The van der Waals surface area contributed by atoms with Gasteiger partial charge in [0.05, 0.1) is 11.0 Å². The molecule has 2 atom stereocenters. The van der Waals surface area contributed by atoms with Gasteiger partial charge in [0.2, 0.25) is 10.0 Å². The van der Waals surface area contributed by atoms with Crippen LogP contribution in [0.5, 0.6) is 0 Å². The lowest BCUT2D eigenvalue weighted by Gasteiger charge is -2.22. The number of rotatable bonds is 5. The number of halogens is 1. The molecule has 0 amide bonds. The van der Waals surface area contributed by atoms with Gasteiger partial charge in [-0.25, -0.2) is 8.42 Å². The van der Waals surface area contributed by atoms with Crippen molar-refractivity contribution in [3.05, 3.63) is 40.9 Å². The van der Waals surface area contributed by atoms with E-state index in [-0.39, 0.29) is 29.5 Å². The molecule has 1 fully saturated rings. The van der Waals surface area contributed by atoms with E-state index in [0.29, 0.717) is 0 Å². The molecule has 0 bridgehead atoms. The van der Waals surface area contributed by atoms with Gasteiger partial charge in [-0.05, 0) is 37.1 Å². The van der Waals surface area contributed by atoms with E-state index in [2.05, 4.69) is 6.58 Å². The standard InChI is InChI=1S/C16H20ClNO5S/c1-10-4-5-14(6-11(10)2)24(21,22)18-8-13(19)7-15(18)16(20)23-9-12(3)17/h4-6,13,15,19H,3,7-9H2,1-2H3/t13-,15-/m0/s1. The number of carbonyl (C=O) groups is 1. The van der Waals surface area contributed by atoms with Gasteiger partial charge in [-0.3, -0.25) is 4.79 Å². The Hall–Kier alpha value is -1.41. The molecular formula is C16H20ClNO5S. The zero-order valence-electron chi connectivity index (χ0n) is 13.5. The van der Waals surface area contributed by atoms with E-state index in [1.807, 2.05) is 13.8 Å². The summed E-state index contributed by atoms with van der Waals surface area (Å²) in [4.78, 5) is 12.2. The zero-order valence-corrected chi connectivity index (χ0v) is 15.1. The number of aliphatic hydroxyl groups is 1. The number of hydrogen-bond acceptors (Lipinski definition) is 5. The van der Waals surface area contributed by atoms with Crippen molar-refractivity contribution in [1.29, 1.82) is 0 Å². The largest absolute Gasteiger partial charge is 0.459 e. The van der Waals surface area contributed by atoms with Gasteiger partial charge in [0.1, 0.15) is 12.6 Å². The first-order valence-electron chi connectivity index (χ1n) is 7.40. The molecule has 0 unspecified atom stereocenters. The van der Waals surface area contributed by atoms with Crippen LogP contribution in [0.1, 0.15) is 17.5 Å². The molecule has 1 N–H and O–H groups in total. The quantitative estimate of drug-likeness (QED) is 0.794. The van der Waals surface area contributed by atoms with Gasteiger partial charge in [0.25, 0.3) is 0 Å². The van der Waals surface area contributed by atoms with Gasteiger partial charge < -0.3 is 9.84 Å². The van der Waals surface area contributed by atoms with Crippen molar-refractivity contribution in [3.63, 3.8) is 0 Å². The van der Waals surface area contributed by atoms with Crippen molar-refractivity contribution in [2.75, 3.05) is 13.2 Å². The lowest BCUT2D eigenvalue weighted by atomic mass is 10.1. The highest BCUT2D eigenvalue weighted by molar-refractivity contribution is 7.89. The van der Waals surface area contributed by atoms with Crippen LogP contribution in [-0.2, 0) is 19.6 Å². The van der Waals surface area contributed by atoms with Crippen LogP contribution in [0.15, 0.2) is 34.7 Å². The normalized spacial score (nSPS) is 21.7. The Morgan fingerprint density at radius 1 is 1.42 bits per heavy atom. The Morgan fingerprint density at radius 2 is 2.08 bits per heavy atom. The summed E-state index contributed by atoms with van der Waals surface area (Å²) in [5, 5.41) is 9.98. The summed E-state index contributed by atoms with van der Waals surface area (Å²) >= 11 is 5.56. The lowest BCUT2D eigenvalue weighted by molar-refractivity contribution is -0.146. The maximum Gasteiger partial charge on any atom is 0.324 e. The number of ether oxygens (including phenoxy) is 1. The van der Waals surface area contributed by atoms with Crippen molar-refractivity contribution in [2.24, 2.45) is 0 Å². The first-order chi connectivity index (χ1) is 11.1. The highest BCUT2D eigenvalue weighted by Crippen LogP contribution is 2.28. The van der Waals surface area contributed by atoms with Crippen molar-refractivity contribution >= 4 is 27.6 Å². The van der Waals surface area contributed by atoms with E-state index in [4.69, 9.17) is 16.3 Å². The second-order valence-electron chi connectivity index (χ2n) is 5.85. The molecule has 1 aliphatic heterocycles. The molecule has 0 aliphatic carbocycles. The van der Waals surface area contributed by atoms with E-state index in [1.165, 1.54) is 6.07 Å². The van der Waals surface area contributed by atoms with E-state index in [9.17, 15) is 18.3 Å². The van der Waals surface area contributed by atoms with Gasteiger partial charge in [0, 0.05) is 18.0 Å². The fourth-order valence-corrected chi connectivity index (χ4v) is 4.29. The first-order valence-corrected chi connectivity index (χ1v) is 9.22. The number of hydrogen-bond donors (Lipinski definition) is 1. The maximum absolute atomic E-state index is 12.9. The number of β-amino-alcohol motifs (C(OH)–C–C–N with tert-alkyl or cyclic N) is 1. The molecule has 6 nitrogen and oxygen atoms in total. The topological polar surface area (TPSA) is 83.9 Å². The number of aryl methyl sites for hydroxylation is 2. The highest BCUT2D eigenvalue weighted by Gasteiger charge is 2.44. The van der Waals surface area contributed by atoms with Crippen molar-refractivity contribution in [2.45, 2.75) is 37.3 Å². The molecule has 24 heavy (non-hydrogen) atoms. The molecule has 0 radical (unpaired) electrons. The Kier molecular flexibility index (Phi) is 5.70. The minimum absolute atomic E-state index is 0.0162. The third kappa shape index (κ3) is 3.97. The van der Waals surface area contributed by atoms with Crippen LogP contribution in [-0.4, -0.2) is 49.1 Å². The number of carbonyl (C=O) groups excluding carboxylic acids is 1. The monoisotopic (exact) mass is 373 g/mol. The Bertz CT molecular complexity index is 762. The summed E-state index contributed by atoms with van der Waals surface area (Å²) in [5.41, 5.74) is 1.79. The molecule has 132 valence electrons. The second-order valence-corrected chi connectivity index (χ2v) is 8.28. The zero-order chi connectivity index (χ0) is 18.1. The third-order valence-electron chi connectivity index (χ3n) is 3.96. The second kappa shape index (κ2) is 7.23. The first kappa shape index (κ1) is 18.9. The molecule has 1 heterocycles. The SMILES string of the molecule is C=C(Cl)COC(=O)[C@@H]1C[C@H](O)CN1S(=O)(=O)c1ccc(C)c(C)c1. The number of benzene rings is 1. The predicted octanol–water partition coefficient (Wildman–Crippen LogP) is 1.72. The summed E-state index contributed by atoms with van der Waals surface area (Å²) in [6.45, 7) is 6.74. The summed E-state index contributed by atoms with van der Waals surface area (Å²) in [5.74, 6) is -0.749. The van der Waals surface area contributed by atoms with Crippen LogP contribution in [0.25, 0.3) is 0 Å². The Labute approximate surface area is 146 Å². The smallest absolute Gasteiger partial charge is 0.324 e. The average Bonchev–Trinajstić information content (AvgIpc) is 2.90. The fraction of sp³-hybridized carbons (Fsp3) is 0.438. The van der Waals surface area contributed by atoms with E-state index < -0.39 is 28.1 Å². The minimum Gasteiger partial charge on any atom is -0.459 e. The van der Waals surface area contributed by atoms with Crippen LogP contribution < -0.4 is 0 Å². The van der Waals surface area contributed by atoms with Gasteiger partial charge in [0.15, 0.2) is 0 Å². The minimum atomic E-state index is -3.93. The number of aliphatic hydroxyl groups excluding tert-OH is 1. The average molecular weight is 374 g/mol. The Morgan fingerprint density at radius 3 is 2.67 bits per heavy atom. The Balaban J connectivity index is 2.30. The maximum atomic E-state index is 12.9. The number of nitrogens with zero attached hydrogens (tertiary/aromatic N) is 1. The van der Waals surface area contributed by atoms with Crippen LogP contribution >= 0.6 is 11.6 Å². The molecule has 1 aromatic carbocycles. The fourth-order valence-electron chi connectivity index (χ4n) is 2.52.